The standard InChI is InChI=1S/C20H19Cl2NO5/c1-13(24)14-4-7-16(8-5-14)23-19(25)12-28-20(26)3-2-10-27-18-9-6-15(21)11-17(18)22/h4-9,11H,2-3,10,12H2,1H3,(H,23,25). The number of rotatable bonds is 9. The van der Waals surface area contributed by atoms with Crippen LogP contribution in [-0.2, 0) is 14.3 Å². The first-order chi connectivity index (χ1) is 13.3. The van der Waals surface area contributed by atoms with Crippen molar-refractivity contribution in [3.63, 3.8) is 0 Å². The van der Waals surface area contributed by atoms with Gasteiger partial charge in [0.1, 0.15) is 5.75 Å². The number of halogens is 2. The van der Waals surface area contributed by atoms with E-state index in [-0.39, 0.29) is 18.8 Å². The summed E-state index contributed by atoms with van der Waals surface area (Å²) in [5, 5.41) is 3.49. The van der Waals surface area contributed by atoms with Gasteiger partial charge in [-0.1, -0.05) is 23.2 Å². The summed E-state index contributed by atoms with van der Waals surface area (Å²) in [6, 6.07) is 11.3. The highest BCUT2D eigenvalue weighted by Gasteiger charge is 2.09. The molecule has 28 heavy (non-hydrogen) atoms. The predicted molar refractivity (Wildman–Crippen MR) is 107 cm³/mol. The van der Waals surface area contributed by atoms with Gasteiger partial charge >= 0.3 is 5.97 Å². The Morgan fingerprint density at radius 2 is 1.75 bits per heavy atom. The summed E-state index contributed by atoms with van der Waals surface area (Å²) in [4.78, 5) is 34.7. The van der Waals surface area contributed by atoms with Crippen LogP contribution in [0.25, 0.3) is 0 Å². The molecule has 0 aliphatic rings. The van der Waals surface area contributed by atoms with Crippen LogP contribution in [0.5, 0.6) is 5.75 Å². The van der Waals surface area contributed by atoms with Crippen LogP contribution >= 0.6 is 23.2 Å². The van der Waals surface area contributed by atoms with E-state index >= 15 is 0 Å². The minimum Gasteiger partial charge on any atom is -0.492 e. The van der Waals surface area contributed by atoms with Crippen LogP contribution in [-0.4, -0.2) is 30.9 Å². The largest absolute Gasteiger partial charge is 0.492 e. The summed E-state index contributed by atoms with van der Waals surface area (Å²) in [6.07, 6.45) is 0.512. The molecule has 0 unspecified atom stereocenters. The number of benzene rings is 2. The van der Waals surface area contributed by atoms with Crippen molar-refractivity contribution in [2.24, 2.45) is 0 Å². The van der Waals surface area contributed by atoms with Gasteiger partial charge in [0, 0.05) is 22.7 Å². The summed E-state index contributed by atoms with van der Waals surface area (Å²) in [5.41, 5.74) is 1.06. The normalized spacial score (nSPS) is 10.2. The summed E-state index contributed by atoms with van der Waals surface area (Å²) < 4.78 is 10.4. The van der Waals surface area contributed by atoms with Crippen molar-refractivity contribution >= 4 is 46.5 Å². The molecule has 0 fully saturated rings. The molecule has 0 aliphatic heterocycles. The van der Waals surface area contributed by atoms with E-state index in [0.29, 0.717) is 33.5 Å². The average molecular weight is 424 g/mol. The number of anilines is 1. The molecule has 0 atom stereocenters. The number of esters is 1. The van der Waals surface area contributed by atoms with Crippen LogP contribution in [0.1, 0.15) is 30.1 Å². The fraction of sp³-hybridized carbons (Fsp3) is 0.250. The van der Waals surface area contributed by atoms with Crippen molar-refractivity contribution in [1.82, 2.24) is 0 Å². The third-order valence-electron chi connectivity index (χ3n) is 3.62. The molecule has 0 aromatic heterocycles. The summed E-state index contributed by atoms with van der Waals surface area (Å²) in [7, 11) is 0. The number of nitrogens with one attached hydrogen (secondary N) is 1. The van der Waals surface area contributed by atoms with Gasteiger partial charge in [-0.05, 0) is 55.8 Å². The monoisotopic (exact) mass is 423 g/mol. The number of hydrogen-bond donors (Lipinski definition) is 1. The van der Waals surface area contributed by atoms with E-state index in [1.165, 1.54) is 6.92 Å². The van der Waals surface area contributed by atoms with Crippen molar-refractivity contribution in [1.29, 1.82) is 0 Å². The van der Waals surface area contributed by atoms with Crippen molar-refractivity contribution in [3.8, 4) is 5.75 Å². The Hall–Kier alpha value is -2.57. The number of Topliss-reactive ketones (excluding diaryl/α,β-unsaturated/α-hetero) is 1. The number of carbonyl (C=O) groups excluding carboxylic acids is 3. The Labute approximate surface area is 172 Å². The zero-order chi connectivity index (χ0) is 20.5. The van der Waals surface area contributed by atoms with Gasteiger partial charge in [0.05, 0.1) is 11.6 Å². The molecule has 2 aromatic carbocycles. The Morgan fingerprint density at radius 3 is 2.39 bits per heavy atom. The average Bonchev–Trinajstić information content (AvgIpc) is 2.65. The Morgan fingerprint density at radius 1 is 1.04 bits per heavy atom. The van der Waals surface area contributed by atoms with Gasteiger partial charge in [0.15, 0.2) is 12.4 Å². The fourth-order valence-corrected chi connectivity index (χ4v) is 2.66. The summed E-state index contributed by atoms with van der Waals surface area (Å²) >= 11 is 11.8. The maximum atomic E-state index is 11.8. The van der Waals surface area contributed by atoms with Gasteiger partial charge in [0.25, 0.3) is 5.91 Å². The van der Waals surface area contributed by atoms with E-state index < -0.39 is 18.5 Å². The molecular formula is C20H19Cl2NO5. The maximum Gasteiger partial charge on any atom is 0.306 e. The molecule has 0 bridgehead atoms. The highest BCUT2D eigenvalue weighted by Crippen LogP contribution is 2.27. The maximum absolute atomic E-state index is 11.8. The first-order valence-corrected chi connectivity index (χ1v) is 9.25. The number of hydrogen-bond acceptors (Lipinski definition) is 5. The predicted octanol–water partition coefficient (Wildman–Crippen LogP) is 4.54. The van der Waals surface area contributed by atoms with Gasteiger partial charge < -0.3 is 14.8 Å². The smallest absolute Gasteiger partial charge is 0.306 e. The number of carbonyl (C=O) groups is 3. The third kappa shape index (κ3) is 7.21. The van der Waals surface area contributed by atoms with Crippen molar-refractivity contribution < 1.29 is 23.9 Å². The quantitative estimate of drug-likeness (QED) is 0.363. The molecule has 0 aliphatic carbocycles. The van der Waals surface area contributed by atoms with Crippen molar-refractivity contribution in [2.45, 2.75) is 19.8 Å². The van der Waals surface area contributed by atoms with Gasteiger partial charge in [-0.15, -0.1) is 0 Å². The number of ketones is 1. The molecule has 0 saturated carbocycles. The molecule has 148 valence electrons. The highest BCUT2D eigenvalue weighted by molar-refractivity contribution is 6.35. The lowest BCUT2D eigenvalue weighted by Gasteiger charge is -2.09. The van der Waals surface area contributed by atoms with Crippen LogP contribution in [0.15, 0.2) is 42.5 Å². The van der Waals surface area contributed by atoms with Gasteiger partial charge in [0.2, 0.25) is 0 Å². The lowest BCUT2D eigenvalue weighted by molar-refractivity contribution is -0.147. The molecule has 2 rings (SSSR count). The van der Waals surface area contributed by atoms with Crippen LogP contribution in [0.2, 0.25) is 10.0 Å². The molecule has 2 aromatic rings. The van der Waals surface area contributed by atoms with Crippen LogP contribution < -0.4 is 10.1 Å². The molecule has 0 saturated heterocycles. The Bertz CT molecular complexity index is 852. The zero-order valence-electron chi connectivity index (χ0n) is 15.2. The molecule has 0 radical (unpaired) electrons. The van der Waals surface area contributed by atoms with Gasteiger partial charge in [-0.25, -0.2) is 0 Å². The molecule has 6 nitrogen and oxygen atoms in total. The van der Waals surface area contributed by atoms with Crippen molar-refractivity contribution in [2.75, 3.05) is 18.5 Å². The van der Waals surface area contributed by atoms with E-state index in [9.17, 15) is 14.4 Å². The van der Waals surface area contributed by atoms with E-state index in [4.69, 9.17) is 32.7 Å². The first kappa shape index (κ1) is 21.7. The first-order valence-electron chi connectivity index (χ1n) is 8.49. The summed E-state index contributed by atoms with van der Waals surface area (Å²) in [6.45, 7) is 1.34. The van der Waals surface area contributed by atoms with Crippen molar-refractivity contribution in [3.05, 3.63) is 58.1 Å². The second kappa shape index (κ2) is 10.7. The van der Waals surface area contributed by atoms with Crippen LogP contribution in [0.4, 0.5) is 5.69 Å². The third-order valence-corrected chi connectivity index (χ3v) is 4.15. The highest BCUT2D eigenvalue weighted by atomic mass is 35.5. The van der Waals surface area contributed by atoms with E-state index in [0.717, 1.165) is 0 Å². The Balaban J connectivity index is 1.64. The fourth-order valence-electron chi connectivity index (χ4n) is 2.19. The lowest BCUT2D eigenvalue weighted by atomic mass is 10.1. The molecular weight excluding hydrogens is 405 g/mol. The molecule has 1 N–H and O–H groups in total. The SMILES string of the molecule is CC(=O)c1ccc(NC(=O)COC(=O)CCCOc2ccc(Cl)cc2Cl)cc1. The summed E-state index contributed by atoms with van der Waals surface area (Å²) in [5.74, 6) is -0.551. The van der Waals surface area contributed by atoms with E-state index in [1.54, 1.807) is 42.5 Å². The minimum atomic E-state index is -0.507. The number of amides is 1. The van der Waals surface area contributed by atoms with Gasteiger partial charge in [-0.2, -0.15) is 0 Å². The topological polar surface area (TPSA) is 81.7 Å². The van der Waals surface area contributed by atoms with Crippen LogP contribution in [0.3, 0.4) is 0 Å². The molecule has 1 amide bonds. The molecule has 0 spiro atoms. The molecule has 8 heteroatoms. The minimum absolute atomic E-state index is 0.0610. The second-order valence-corrected chi connectivity index (χ2v) is 6.71. The lowest BCUT2D eigenvalue weighted by Crippen LogP contribution is -2.21. The second-order valence-electron chi connectivity index (χ2n) is 5.87. The molecule has 0 heterocycles. The van der Waals surface area contributed by atoms with Gasteiger partial charge in [-0.3, -0.25) is 14.4 Å². The number of ether oxygens (including phenoxy) is 2. The van der Waals surface area contributed by atoms with E-state index in [2.05, 4.69) is 5.32 Å². The zero-order valence-corrected chi connectivity index (χ0v) is 16.7. The van der Waals surface area contributed by atoms with Crippen LogP contribution in [0, 0.1) is 0 Å². The Kier molecular flexibility index (Phi) is 8.29. The van der Waals surface area contributed by atoms with E-state index in [1.807, 2.05) is 0 Å².